The van der Waals surface area contributed by atoms with Crippen LogP contribution >= 0.6 is 0 Å². The number of fused-ring (bicyclic) bond motifs is 1. The van der Waals surface area contributed by atoms with E-state index in [-0.39, 0.29) is 11.8 Å². The van der Waals surface area contributed by atoms with Gasteiger partial charge in [-0.05, 0) is 50.3 Å². The van der Waals surface area contributed by atoms with Crippen LogP contribution in [0.15, 0.2) is 59.4 Å². The van der Waals surface area contributed by atoms with Crippen LogP contribution in [0.5, 0.6) is 5.75 Å². The molecule has 1 aromatic heterocycles. The van der Waals surface area contributed by atoms with E-state index in [1.165, 1.54) is 6.07 Å². The van der Waals surface area contributed by atoms with Gasteiger partial charge in [0.05, 0.1) is 12.2 Å². The lowest BCUT2D eigenvalue weighted by Crippen LogP contribution is -2.46. The van der Waals surface area contributed by atoms with Crippen molar-refractivity contribution in [2.45, 2.75) is 13.8 Å². The van der Waals surface area contributed by atoms with E-state index in [2.05, 4.69) is 31.7 Å². The van der Waals surface area contributed by atoms with Gasteiger partial charge >= 0.3 is 6.02 Å². The van der Waals surface area contributed by atoms with Gasteiger partial charge in [0.15, 0.2) is 11.6 Å². The predicted octanol–water partition coefficient (Wildman–Crippen LogP) is 3.03. The Bertz CT molecular complexity index is 1110. The Morgan fingerprint density at radius 3 is 2.88 bits per heavy atom. The minimum Gasteiger partial charge on any atom is -0.421 e. The molecule has 0 aliphatic carbocycles. The Kier molecular flexibility index (Phi) is 6.55. The quantitative estimate of drug-likeness (QED) is 0.436. The van der Waals surface area contributed by atoms with Crippen LogP contribution in [0.3, 0.4) is 0 Å². The standard InChI is InChI=1S/C23H28FN7O/c1-3-4-17-7-11-31(29-17)12-8-21(30-13-9-26-10-14-30)28-23(25)32-20-6-5-19-18(22(20)24)15-16(2)27-19/h3-8,12,15,25-27,29H,9-11,13-14H2,1-2H3/b4-3+,12-8?,25-23?,28-21?. The summed E-state index contributed by atoms with van der Waals surface area (Å²) in [5, 5.41) is 13.9. The SMILES string of the molecule is C/C=C/C1=CCN(C=CC(=NC(=N)Oc2ccc3[nH]c(C)cc3c2F)N2CCNCC2)N1. The highest BCUT2D eigenvalue weighted by molar-refractivity contribution is 6.00. The van der Waals surface area contributed by atoms with Crippen molar-refractivity contribution in [2.24, 2.45) is 4.99 Å². The molecule has 0 saturated carbocycles. The number of ether oxygens (including phenoxy) is 1. The van der Waals surface area contributed by atoms with Crippen molar-refractivity contribution in [1.29, 1.82) is 5.41 Å². The van der Waals surface area contributed by atoms with E-state index in [0.717, 1.165) is 44.1 Å². The molecule has 1 aromatic carbocycles. The monoisotopic (exact) mass is 437 g/mol. The molecule has 32 heavy (non-hydrogen) atoms. The molecule has 168 valence electrons. The summed E-state index contributed by atoms with van der Waals surface area (Å²) in [7, 11) is 0. The maximum atomic E-state index is 14.8. The third-order valence-corrected chi connectivity index (χ3v) is 5.23. The van der Waals surface area contributed by atoms with Crippen molar-refractivity contribution in [3.63, 3.8) is 0 Å². The molecule has 4 rings (SSSR count). The minimum atomic E-state index is -0.505. The first-order chi connectivity index (χ1) is 15.5. The molecular weight excluding hydrogens is 409 g/mol. The summed E-state index contributed by atoms with van der Waals surface area (Å²) >= 11 is 0. The van der Waals surface area contributed by atoms with E-state index in [1.54, 1.807) is 12.1 Å². The molecule has 3 heterocycles. The van der Waals surface area contributed by atoms with Crippen LogP contribution in [-0.4, -0.2) is 59.5 Å². The molecular formula is C23H28FN7O. The molecule has 0 bridgehead atoms. The minimum absolute atomic E-state index is 0.0182. The molecule has 2 aliphatic heterocycles. The maximum absolute atomic E-state index is 14.8. The first kappa shape index (κ1) is 21.6. The van der Waals surface area contributed by atoms with Gasteiger partial charge in [0.25, 0.3) is 0 Å². The van der Waals surface area contributed by atoms with Gasteiger partial charge in [-0.15, -0.1) is 0 Å². The van der Waals surface area contributed by atoms with E-state index < -0.39 is 5.82 Å². The summed E-state index contributed by atoms with van der Waals surface area (Å²) in [4.78, 5) is 9.54. The molecule has 0 radical (unpaired) electrons. The number of aliphatic imine (C=N–C) groups is 1. The number of hydrogen-bond acceptors (Lipinski definition) is 5. The molecule has 2 aliphatic rings. The molecule has 0 amide bonds. The van der Waals surface area contributed by atoms with E-state index in [9.17, 15) is 4.39 Å². The fourth-order valence-electron chi connectivity index (χ4n) is 3.70. The van der Waals surface area contributed by atoms with Gasteiger partial charge in [0, 0.05) is 49.0 Å². The van der Waals surface area contributed by atoms with E-state index in [4.69, 9.17) is 10.1 Å². The van der Waals surface area contributed by atoms with Gasteiger partial charge in [-0.1, -0.05) is 6.08 Å². The van der Waals surface area contributed by atoms with Crippen molar-refractivity contribution in [3.8, 4) is 5.75 Å². The molecule has 0 atom stereocenters. The third kappa shape index (κ3) is 5.00. The molecule has 2 aromatic rings. The van der Waals surface area contributed by atoms with E-state index in [0.29, 0.717) is 16.7 Å². The number of aryl methyl sites for hydroxylation is 1. The van der Waals surface area contributed by atoms with Crippen LogP contribution in [0.1, 0.15) is 12.6 Å². The smallest absolute Gasteiger partial charge is 0.316 e. The van der Waals surface area contributed by atoms with Crippen molar-refractivity contribution >= 4 is 22.8 Å². The predicted molar refractivity (Wildman–Crippen MR) is 125 cm³/mol. The summed E-state index contributed by atoms with van der Waals surface area (Å²) in [6, 6.07) is 4.61. The second-order valence-corrected chi connectivity index (χ2v) is 7.64. The first-order valence-electron chi connectivity index (χ1n) is 10.7. The Morgan fingerprint density at radius 2 is 2.09 bits per heavy atom. The summed E-state index contributed by atoms with van der Waals surface area (Å²) in [5.41, 5.74) is 5.84. The molecule has 0 unspecified atom stereocenters. The first-order valence-corrected chi connectivity index (χ1v) is 10.7. The highest BCUT2D eigenvalue weighted by atomic mass is 19.1. The number of hydrogen-bond donors (Lipinski definition) is 4. The molecule has 4 N–H and O–H groups in total. The van der Waals surface area contributed by atoms with Gasteiger partial charge < -0.3 is 19.9 Å². The van der Waals surface area contributed by atoms with Crippen molar-refractivity contribution in [3.05, 3.63) is 65.9 Å². The number of H-pyrrole nitrogens is 1. The van der Waals surface area contributed by atoms with Gasteiger partial charge in [-0.25, -0.2) is 9.80 Å². The number of rotatable bonds is 4. The zero-order valence-electron chi connectivity index (χ0n) is 18.3. The van der Waals surface area contributed by atoms with Crippen LogP contribution < -0.4 is 15.5 Å². The lowest BCUT2D eigenvalue weighted by molar-refractivity contribution is 0.354. The number of halogens is 1. The molecule has 0 spiro atoms. The summed E-state index contributed by atoms with van der Waals surface area (Å²) in [5.74, 6) is 0.0713. The van der Waals surface area contributed by atoms with Crippen LogP contribution in [-0.2, 0) is 0 Å². The number of amidine groups is 2. The van der Waals surface area contributed by atoms with Gasteiger partial charge in [-0.2, -0.15) is 4.99 Å². The second kappa shape index (κ2) is 9.69. The summed E-state index contributed by atoms with van der Waals surface area (Å²) in [6.07, 6.45) is 9.79. The number of nitrogens with one attached hydrogen (secondary N) is 4. The molecule has 1 fully saturated rings. The van der Waals surface area contributed by atoms with Crippen molar-refractivity contribution < 1.29 is 9.13 Å². The van der Waals surface area contributed by atoms with Gasteiger partial charge in [0.1, 0.15) is 5.84 Å². The maximum Gasteiger partial charge on any atom is 0.316 e. The Balaban J connectivity index is 1.51. The number of hydrazine groups is 1. The van der Waals surface area contributed by atoms with Crippen LogP contribution in [0.2, 0.25) is 0 Å². The Labute approximate surface area is 186 Å². The largest absolute Gasteiger partial charge is 0.421 e. The highest BCUT2D eigenvalue weighted by Crippen LogP contribution is 2.27. The van der Waals surface area contributed by atoms with Gasteiger partial charge in [0.2, 0.25) is 0 Å². The Morgan fingerprint density at radius 1 is 1.28 bits per heavy atom. The highest BCUT2D eigenvalue weighted by Gasteiger charge is 2.16. The lowest BCUT2D eigenvalue weighted by Gasteiger charge is -2.29. The zero-order valence-corrected chi connectivity index (χ0v) is 18.3. The number of allylic oxidation sites excluding steroid dienone is 2. The normalized spacial score (nSPS) is 17.5. The number of benzene rings is 1. The Hall–Kier alpha value is -3.59. The molecule has 1 saturated heterocycles. The van der Waals surface area contributed by atoms with Crippen LogP contribution in [0, 0.1) is 18.2 Å². The van der Waals surface area contributed by atoms with E-state index >= 15 is 0 Å². The summed E-state index contributed by atoms with van der Waals surface area (Å²) < 4.78 is 20.3. The second-order valence-electron chi connectivity index (χ2n) is 7.64. The zero-order chi connectivity index (χ0) is 22.5. The number of aromatic amines is 1. The van der Waals surface area contributed by atoms with Gasteiger partial charge in [-0.3, -0.25) is 10.4 Å². The van der Waals surface area contributed by atoms with Crippen molar-refractivity contribution in [1.82, 2.24) is 25.6 Å². The average Bonchev–Trinajstić information content (AvgIpc) is 3.40. The number of aromatic nitrogens is 1. The fraction of sp³-hybridized carbons (Fsp3) is 0.304. The molecule has 9 heteroatoms. The van der Waals surface area contributed by atoms with Crippen molar-refractivity contribution in [2.75, 3.05) is 32.7 Å². The number of nitrogens with zero attached hydrogens (tertiary/aromatic N) is 3. The van der Waals surface area contributed by atoms with E-state index in [1.807, 2.05) is 43.3 Å². The molecule has 8 nitrogen and oxygen atoms in total. The average molecular weight is 438 g/mol. The van der Waals surface area contributed by atoms with Crippen LogP contribution in [0.4, 0.5) is 4.39 Å². The number of piperazine rings is 1. The fourth-order valence-corrected chi connectivity index (χ4v) is 3.70. The lowest BCUT2D eigenvalue weighted by atomic mass is 10.2. The van der Waals surface area contributed by atoms with Crippen LogP contribution in [0.25, 0.3) is 10.9 Å². The summed E-state index contributed by atoms with van der Waals surface area (Å²) in [6.45, 7) is 7.73. The third-order valence-electron chi connectivity index (χ3n) is 5.23. The topological polar surface area (TPSA) is 91.8 Å².